The summed E-state index contributed by atoms with van der Waals surface area (Å²) in [4.78, 5) is 8.97. The molecule has 0 fully saturated rings. The molecule has 26 heavy (non-hydrogen) atoms. The largest absolute Gasteiger partial charge is 0.335 e. The third kappa shape index (κ3) is 3.47. The summed E-state index contributed by atoms with van der Waals surface area (Å²) in [7, 11) is 0. The van der Waals surface area contributed by atoms with Crippen molar-refractivity contribution < 1.29 is 0 Å². The van der Waals surface area contributed by atoms with Crippen molar-refractivity contribution in [2.45, 2.75) is 17.8 Å². The first-order chi connectivity index (χ1) is 12.7. The smallest absolute Gasteiger partial charge is 0.210 e. The van der Waals surface area contributed by atoms with Crippen LogP contribution in [0.3, 0.4) is 0 Å². The molecule has 0 aliphatic heterocycles. The van der Waals surface area contributed by atoms with Crippen molar-refractivity contribution in [1.82, 2.24) is 24.8 Å². The fourth-order valence-corrected chi connectivity index (χ4v) is 4.04. The number of pyridine rings is 1. The monoisotopic (exact) mass is 380 g/mol. The Hall–Kier alpha value is -2.71. The lowest BCUT2D eigenvalue weighted by atomic mass is 10.1. The van der Waals surface area contributed by atoms with Gasteiger partial charge in [0.05, 0.1) is 11.4 Å². The molecule has 4 aromatic rings. The molecule has 3 heterocycles. The van der Waals surface area contributed by atoms with Crippen LogP contribution in [0.4, 0.5) is 0 Å². The van der Waals surface area contributed by atoms with Crippen LogP contribution in [0.1, 0.15) is 11.3 Å². The van der Waals surface area contributed by atoms with Crippen LogP contribution in [0.25, 0.3) is 22.1 Å². The first kappa shape index (κ1) is 16.7. The summed E-state index contributed by atoms with van der Waals surface area (Å²) in [5.74, 6) is 7.50. The van der Waals surface area contributed by atoms with Crippen LogP contribution in [-0.4, -0.2) is 24.8 Å². The lowest BCUT2D eigenvalue weighted by molar-refractivity contribution is 0.849. The zero-order valence-electron chi connectivity index (χ0n) is 14.0. The first-order valence-corrected chi connectivity index (χ1v) is 9.83. The first-order valence-electron chi connectivity index (χ1n) is 7.97. The fraction of sp³-hybridized carbons (Fsp3) is 0.111. The summed E-state index contributed by atoms with van der Waals surface area (Å²) < 4.78 is 1.53. The van der Waals surface area contributed by atoms with E-state index >= 15 is 0 Å². The molecule has 6 nitrogen and oxygen atoms in total. The molecule has 0 spiro atoms. The van der Waals surface area contributed by atoms with Gasteiger partial charge in [-0.3, -0.25) is 4.98 Å². The van der Waals surface area contributed by atoms with Gasteiger partial charge in [-0.2, -0.15) is 0 Å². The number of aryl methyl sites for hydroxylation is 1. The molecule has 0 bridgehead atoms. The Bertz CT molecular complexity index is 1010. The average Bonchev–Trinajstić information content (AvgIpc) is 3.29. The maximum atomic E-state index is 6.18. The van der Waals surface area contributed by atoms with E-state index in [1.165, 1.54) is 22.0 Å². The van der Waals surface area contributed by atoms with Gasteiger partial charge in [-0.15, -0.1) is 21.5 Å². The maximum absolute atomic E-state index is 6.18. The second-order valence-corrected chi connectivity index (χ2v) is 7.49. The molecule has 2 N–H and O–H groups in total. The third-order valence-electron chi connectivity index (χ3n) is 3.76. The Morgan fingerprint density at radius 3 is 2.73 bits per heavy atom. The zero-order chi connectivity index (χ0) is 17.9. The zero-order valence-corrected chi connectivity index (χ0v) is 15.7. The number of nitrogen functional groups attached to an aromatic ring is 1. The van der Waals surface area contributed by atoms with Crippen molar-refractivity contribution in [3.63, 3.8) is 0 Å². The predicted molar refractivity (Wildman–Crippen MR) is 105 cm³/mol. The molecule has 0 amide bonds. The van der Waals surface area contributed by atoms with Crippen LogP contribution < -0.4 is 5.84 Å². The second kappa shape index (κ2) is 7.27. The Morgan fingerprint density at radius 2 is 1.96 bits per heavy atom. The van der Waals surface area contributed by atoms with E-state index in [4.69, 9.17) is 5.84 Å². The molecule has 3 aromatic heterocycles. The summed E-state index contributed by atoms with van der Waals surface area (Å²) in [6.07, 6.45) is 1.77. The van der Waals surface area contributed by atoms with Gasteiger partial charge in [-0.1, -0.05) is 47.7 Å². The molecule has 0 saturated carbocycles. The van der Waals surface area contributed by atoms with E-state index in [0.29, 0.717) is 16.7 Å². The summed E-state index contributed by atoms with van der Waals surface area (Å²) >= 11 is 3.10. The van der Waals surface area contributed by atoms with E-state index < -0.39 is 0 Å². The van der Waals surface area contributed by atoms with Crippen LogP contribution in [0.2, 0.25) is 0 Å². The Balaban J connectivity index is 1.47. The summed E-state index contributed by atoms with van der Waals surface area (Å²) in [6, 6.07) is 13.9. The number of nitrogens with zero attached hydrogens (tertiary/aromatic N) is 5. The number of hydrogen-bond acceptors (Lipinski definition) is 7. The lowest BCUT2D eigenvalue weighted by Crippen LogP contribution is -2.11. The van der Waals surface area contributed by atoms with Crippen LogP contribution in [0.15, 0.2) is 59.2 Å². The third-order valence-corrected chi connectivity index (χ3v) is 5.65. The predicted octanol–water partition coefficient (Wildman–Crippen LogP) is 3.78. The summed E-state index contributed by atoms with van der Waals surface area (Å²) in [5, 5.41) is 12.0. The summed E-state index contributed by atoms with van der Waals surface area (Å²) in [5.41, 5.74) is 4.00. The van der Waals surface area contributed by atoms with Crippen LogP contribution in [0.5, 0.6) is 0 Å². The van der Waals surface area contributed by atoms with Crippen molar-refractivity contribution in [3.05, 3.63) is 65.3 Å². The van der Waals surface area contributed by atoms with Gasteiger partial charge in [0, 0.05) is 22.9 Å². The number of nitrogens with two attached hydrogens (primary N) is 1. The quantitative estimate of drug-likeness (QED) is 0.419. The molecule has 0 aliphatic rings. The topological polar surface area (TPSA) is 82.5 Å². The molecule has 4 rings (SSSR count). The number of thiazole rings is 1. The molecule has 0 radical (unpaired) electrons. The van der Waals surface area contributed by atoms with Gasteiger partial charge < -0.3 is 5.84 Å². The van der Waals surface area contributed by atoms with E-state index in [0.717, 1.165) is 22.0 Å². The van der Waals surface area contributed by atoms with Gasteiger partial charge in [0.1, 0.15) is 5.01 Å². The lowest BCUT2D eigenvalue weighted by Gasteiger charge is -2.03. The van der Waals surface area contributed by atoms with Crippen molar-refractivity contribution in [2.75, 3.05) is 5.84 Å². The number of hydrogen-bond donors (Lipinski definition) is 1. The summed E-state index contributed by atoms with van der Waals surface area (Å²) in [6.45, 7) is 2.05. The molecule has 0 saturated heterocycles. The average molecular weight is 381 g/mol. The highest BCUT2D eigenvalue weighted by Crippen LogP contribution is 2.27. The Labute approximate surface area is 159 Å². The van der Waals surface area contributed by atoms with E-state index in [1.54, 1.807) is 17.5 Å². The molecule has 1 aromatic carbocycles. The van der Waals surface area contributed by atoms with Gasteiger partial charge in [0.15, 0.2) is 5.82 Å². The molecule has 130 valence electrons. The van der Waals surface area contributed by atoms with Gasteiger partial charge >= 0.3 is 0 Å². The molecule has 0 unspecified atom stereocenters. The Kier molecular flexibility index (Phi) is 4.68. The molecule has 8 heteroatoms. The van der Waals surface area contributed by atoms with Gasteiger partial charge in [0.25, 0.3) is 0 Å². The number of rotatable bonds is 5. The van der Waals surface area contributed by atoms with E-state index in [-0.39, 0.29) is 0 Å². The highest BCUT2D eigenvalue weighted by Gasteiger charge is 2.13. The fourth-order valence-electron chi connectivity index (χ4n) is 2.39. The highest BCUT2D eigenvalue weighted by molar-refractivity contribution is 7.98. The Morgan fingerprint density at radius 1 is 1.12 bits per heavy atom. The van der Waals surface area contributed by atoms with Crippen LogP contribution in [0, 0.1) is 6.92 Å². The van der Waals surface area contributed by atoms with Crippen LogP contribution in [-0.2, 0) is 5.75 Å². The van der Waals surface area contributed by atoms with Crippen molar-refractivity contribution >= 4 is 23.1 Å². The molecular formula is C18H16N6S2. The van der Waals surface area contributed by atoms with Gasteiger partial charge in [-0.05, 0) is 19.1 Å². The van der Waals surface area contributed by atoms with E-state index in [9.17, 15) is 0 Å². The number of thioether (sulfide) groups is 1. The van der Waals surface area contributed by atoms with Gasteiger partial charge in [-0.25, -0.2) is 9.66 Å². The van der Waals surface area contributed by atoms with Crippen molar-refractivity contribution in [2.24, 2.45) is 0 Å². The molecule has 0 aliphatic carbocycles. The molecule has 0 atom stereocenters. The van der Waals surface area contributed by atoms with Crippen LogP contribution >= 0.6 is 23.1 Å². The standard InChI is InChI=1S/C18H16N6S2/c1-12-5-7-13(8-6-12)16-22-23-18(24(16)19)26-11-14-10-25-17(21-14)15-4-2-3-9-20-15/h2-10H,11,19H2,1H3. The van der Waals surface area contributed by atoms with Crippen molar-refractivity contribution in [1.29, 1.82) is 0 Å². The normalized spacial score (nSPS) is 11.0. The van der Waals surface area contributed by atoms with Crippen molar-refractivity contribution in [3.8, 4) is 22.1 Å². The molecular weight excluding hydrogens is 364 g/mol. The number of aromatic nitrogens is 5. The SMILES string of the molecule is Cc1ccc(-c2nnc(SCc3csc(-c4ccccn4)n3)n2N)cc1. The van der Waals surface area contributed by atoms with Gasteiger partial charge in [0.2, 0.25) is 5.16 Å². The maximum Gasteiger partial charge on any atom is 0.210 e. The minimum Gasteiger partial charge on any atom is -0.335 e. The number of benzene rings is 1. The minimum absolute atomic E-state index is 0.653. The highest BCUT2D eigenvalue weighted by atomic mass is 32.2. The second-order valence-electron chi connectivity index (χ2n) is 5.69. The van der Waals surface area contributed by atoms with E-state index in [2.05, 4.69) is 20.2 Å². The van der Waals surface area contributed by atoms with E-state index in [1.807, 2.05) is 54.8 Å². The minimum atomic E-state index is 0.653.